The average Bonchev–Trinajstić information content (AvgIpc) is 3.27. The second kappa shape index (κ2) is 8.09. The van der Waals surface area contributed by atoms with E-state index in [1.54, 1.807) is 12.1 Å². The standard InChI is InChI=1S/C25H24ClFN2O/c26-20-3-1-16(2-4-20)9-22(30)15-29-13-18-10-17(11-19(18)14-29)23-7-8-28-25-6-5-21(27)12-24(23)25/h1-8,12,17-19H,9-11,13-15H2/t17?,18-,19+. The number of nitrogens with zero attached hydrogens (tertiary/aromatic N) is 2. The van der Waals surface area contributed by atoms with Crippen LogP contribution in [0.15, 0.2) is 54.7 Å². The van der Waals surface area contributed by atoms with Gasteiger partial charge in [0, 0.05) is 36.1 Å². The van der Waals surface area contributed by atoms with Crippen molar-refractivity contribution < 1.29 is 9.18 Å². The summed E-state index contributed by atoms with van der Waals surface area (Å²) in [5.41, 5.74) is 3.10. The van der Waals surface area contributed by atoms with Crippen molar-refractivity contribution in [3.8, 4) is 0 Å². The maximum atomic E-state index is 13.8. The van der Waals surface area contributed by atoms with E-state index >= 15 is 0 Å². The van der Waals surface area contributed by atoms with E-state index in [1.807, 2.05) is 30.5 Å². The summed E-state index contributed by atoms with van der Waals surface area (Å²) >= 11 is 5.92. The van der Waals surface area contributed by atoms with Crippen molar-refractivity contribution in [1.82, 2.24) is 9.88 Å². The fraction of sp³-hybridized carbons (Fsp3) is 0.360. The molecule has 5 heteroatoms. The summed E-state index contributed by atoms with van der Waals surface area (Å²) in [4.78, 5) is 19.2. The van der Waals surface area contributed by atoms with Crippen LogP contribution < -0.4 is 0 Å². The number of rotatable bonds is 5. The SMILES string of the molecule is O=C(Cc1ccc(Cl)cc1)CN1C[C@H]2CC(c3ccnc4ccc(F)cc34)C[C@H]2C1. The third-order valence-electron chi connectivity index (χ3n) is 6.72. The highest BCUT2D eigenvalue weighted by atomic mass is 35.5. The molecule has 3 atom stereocenters. The Kier molecular flexibility index (Phi) is 5.30. The number of pyridine rings is 1. The predicted octanol–water partition coefficient (Wildman–Crippen LogP) is 5.26. The van der Waals surface area contributed by atoms with E-state index in [9.17, 15) is 9.18 Å². The van der Waals surface area contributed by atoms with Gasteiger partial charge >= 0.3 is 0 Å². The van der Waals surface area contributed by atoms with Crippen molar-refractivity contribution in [2.75, 3.05) is 19.6 Å². The summed E-state index contributed by atoms with van der Waals surface area (Å²) in [5.74, 6) is 1.70. The molecule has 2 heterocycles. The van der Waals surface area contributed by atoms with Crippen molar-refractivity contribution in [2.24, 2.45) is 11.8 Å². The maximum Gasteiger partial charge on any atom is 0.151 e. The van der Waals surface area contributed by atoms with Gasteiger partial charge in [0.1, 0.15) is 5.82 Å². The van der Waals surface area contributed by atoms with E-state index in [2.05, 4.69) is 16.0 Å². The Morgan fingerprint density at radius 1 is 1.07 bits per heavy atom. The van der Waals surface area contributed by atoms with Crippen LogP contribution in [0.3, 0.4) is 0 Å². The zero-order valence-electron chi connectivity index (χ0n) is 16.7. The van der Waals surface area contributed by atoms with Crippen LogP contribution in [0.5, 0.6) is 0 Å². The summed E-state index contributed by atoms with van der Waals surface area (Å²) in [7, 11) is 0. The van der Waals surface area contributed by atoms with Gasteiger partial charge in [0.15, 0.2) is 5.78 Å². The first-order valence-corrected chi connectivity index (χ1v) is 11.0. The summed E-state index contributed by atoms with van der Waals surface area (Å²) in [6.07, 6.45) is 4.50. The first-order chi connectivity index (χ1) is 14.5. The summed E-state index contributed by atoms with van der Waals surface area (Å²) in [5, 5.41) is 1.63. The van der Waals surface area contributed by atoms with E-state index in [0.717, 1.165) is 42.4 Å². The van der Waals surface area contributed by atoms with Crippen LogP contribution in [-0.4, -0.2) is 35.3 Å². The maximum absolute atomic E-state index is 13.8. The van der Waals surface area contributed by atoms with Crippen molar-refractivity contribution in [3.05, 3.63) is 76.7 Å². The van der Waals surface area contributed by atoms with E-state index < -0.39 is 0 Å². The Morgan fingerprint density at radius 3 is 2.53 bits per heavy atom. The molecule has 0 radical (unpaired) electrons. The highest BCUT2D eigenvalue weighted by molar-refractivity contribution is 6.30. The monoisotopic (exact) mass is 422 g/mol. The minimum Gasteiger partial charge on any atom is -0.298 e. The lowest BCUT2D eigenvalue weighted by Crippen LogP contribution is -2.29. The molecular weight excluding hydrogens is 399 g/mol. The number of benzene rings is 2. The first-order valence-electron chi connectivity index (χ1n) is 10.6. The molecule has 0 spiro atoms. The largest absolute Gasteiger partial charge is 0.298 e. The molecule has 1 aliphatic heterocycles. The fourth-order valence-electron chi connectivity index (χ4n) is 5.41. The van der Waals surface area contributed by atoms with E-state index in [1.165, 1.54) is 11.6 Å². The molecule has 1 saturated carbocycles. The Balaban J connectivity index is 1.21. The number of carbonyl (C=O) groups excluding carboxylic acids is 1. The minimum absolute atomic E-state index is 0.208. The van der Waals surface area contributed by atoms with Gasteiger partial charge < -0.3 is 0 Å². The lowest BCUT2D eigenvalue weighted by atomic mass is 9.93. The topological polar surface area (TPSA) is 33.2 Å². The van der Waals surface area contributed by atoms with Crippen LogP contribution in [-0.2, 0) is 11.2 Å². The molecule has 30 heavy (non-hydrogen) atoms. The van der Waals surface area contributed by atoms with E-state index in [-0.39, 0.29) is 11.6 Å². The first kappa shape index (κ1) is 19.7. The van der Waals surface area contributed by atoms with Gasteiger partial charge in [-0.1, -0.05) is 23.7 Å². The van der Waals surface area contributed by atoms with Gasteiger partial charge in [0.2, 0.25) is 0 Å². The van der Waals surface area contributed by atoms with Gasteiger partial charge in [-0.15, -0.1) is 0 Å². The molecule has 2 aliphatic rings. The summed E-state index contributed by atoms with van der Waals surface area (Å²) in [6.45, 7) is 2.47. The second-order valence-corrected chi connectivity index (χ2v) is 9.22. The quantitative estimate of drug-likeness (QED) is 0.562. The summed E-state index contributed by atoms with van der Waals surface area (Å²) in [6, 6.07) is 14.4. The number of carbonyl (C=O) groups is 1. The van der Waals surface area contributed by atoms with E-state index in [4.69, 9.17) is 11.6 Å². The average molecular weight is 423 g/mol. The van der Waals surface area contributed by atoms with Crippen LogP contribution in [0.1, 0.15) is 29.9 Å². The molecule has 0 N–H and O–H groups in total. The molecule has 3 aromatic rings. The Bertz CT molecular complexity index is 1070. The minimum atomic E-state index is -0.208. The fourth-order valence-corrected chi connectivity index (χ4v) is 5.54. The third-order valence-corrected chi connectivity index (χ3v) is 6.97. The van der Waals surface area contributed by atoms with Crippen LogP contribution in [0.25, 0.3) is 10.9 Å². The molecule has 1 saturated heterocycles. The third kappa shape index (κ3) is 3.99. The lowest BCUT2D eigenvalue weighted by Gasteiger charge is -2.19. The number of likely N-dealkylation sites (tertiary alicyclic amines) is 1. The molecule has 1 aromatic heterocycles. The number of ketones is 1. The smallest absolute Gasteiger partial charge is 0.151 e. The number of fused-ring (bicyclic) bond motifs is 2. The van der Waals surface area contributed by atoms with Crippen LogP contribution in [0.2, 0.25) is 5.02 Å². The number of halogens is 2. The van der Waals surface area contributed by atoms with Crippen LogP contribution >= 0.6 is 11.6 Å². The molecule has 0 amide bonds. The van der Waals surface area contributed by atoms with Gasteiger partial charge in [-0.05, 0) is 78.1 Å². The van der Waals surface area contributed by atoms with Gasteiger partial charge in [-0.3, -0.25) is 14.7 Å². The van der Waals surface area contributed by atoms with Gasteiger partial charge in [0.05, 0.1) is 12.1 Å². The molecule has 5 rings (SSSR count). The lowest BCUT2D eigenvalue weighted by molar-refractivity contribution is -0.119. The Labute approximate surface area is 180 Å². The second-order valence-electron chi connectivity index (χ2n) is 8.79. The number of hydrogen-bond acceptors (Lipinski definition) is 3. The predicted molar refractivity (Wildman–Crippen MR) is 117 cm³/mol. The van der Waals surface area contributed by atoms with Crippen LogP contribution in [0, 0.1) is 17.7 Å². The Morgan fingerprint density at radius 2 is 1.80 bits per heavy atom. The normalized spacial score (nSPS) is 23.7. The van der Waals surface area contributed by atoms with Gasteiger partial charge in [0.25, 0.3) is 0 Å². The van der Waals surface area contributed by atoms with Crippen molar-refractivity contribution in [1.29, 1.82) is 0 Å². The molecule has 1 unspecified atom stereocenters. The van der Waals surface area contributed by atoms with Gasteiger partial charge in [-0.2, -0.15) is 0 Å². The molecule has 3 nitrogen and oxygen atoms in total. The molecule has 154 valence electrons. The molecule has 2 aromatic carbocycles. The molecule has 2 fully saturated rings. The van der Waals surface area contributed by atoms with Crippen LogP contribution in [0.4, 0.5) is 4.39 Å². The van der Waals surface area contributed by atoms with Crippen molar-refractivity contribution >= 4 is 28.3 Å². The highest BCUT2D eigenvalue weighted by Gasteiger charge is 2.41. The van der Waals surface area contributed by atoms with Gasteiger partial charge in [-0.25, -0.2) is 4.39 Å². The zero-order chi connectivity index (χ0) is 20.7. The van der Waals surface area contributed by atoms with Crippen molar-refractivity contribution in [3.63, 3.8) is 0 Å². The molecule has 1 aliphatic carbocycles. The van der Waals surface area contributed by atoms with E-state index in [0.29, 0.717) is 35.7 Å². The molecular formula is C25H24ClFN2O. The zero-order valence-corrected chi connectivity index (χ0v) is 17.5. The number of hydrogen-bond donors (Lipinski definition) is 0. The number of Topliss-reactive ketones (excluding diaryl/α,β-unsaturated/α-hetero) is 1. The summed E-state index contributed by atoms with van der Waals surface area (Å²) < 4.78 is 13.8. The van der Waals surface area contributed by atoms with Crippen molar-refractivity contribution in [2.45, 2.75) is 25.2 Å². The molecule has 0 bridgehead atoms. The Hall–Kier alpha value is -2.30. The highest BCUT2D eigenvalue weighted by Crippen LogP contribution is 2.47. The number of aromatic nitrogens is 1.